The molecule has 0 aliphatic carbocycles. The van der Waals surface area contributed by atoms with Crippen LogP contribution in [-0.2, 0) is 4.79 Å². The lowest BCUT2D eigenvalue weighted by Gasteiger charge is -2.24. The van der Waals surface area contributed by atoms with Crippen molar-refractivity contribution < 1.29 is 19.4 Å². The second-order valence-electron chi connectivity index (χ2n) is 4.64. The maximum atomic E-state index is 11.1. The Balaban J connectivity index is 2.65. The summed E-state index contributed by atoms with van der Waals surface area (Å²) in [5.74, 6) is 0.382. The van der Waals surface area contributed by atoms with Crippen molar-refractivity contribution in [3.8, 4) is 11.5 Å². The van der Waals surface area contributed by atoms with Gasteiger partial charge in [-0.25, -0.2) is 0 Å². The van der Waals surface area contributed by atoms with Crippen LogP contribution in [0.15, 0.2) is 18.2 Å². The van der Waals surface area contributed by atoms with Crippen LogP contribution in [-0.4, -0.2) is 37.4 Å². The molecule has 0 bridgehead atoms. The molecule has 1 rings (SSSR count). The lowest BCUT2D eigenvalue weighted by atomic mass is 9.99. The van der Waals surface area contributed by atoms with Gasteiger partial charge in [0, 0.05) is 6.42 Å². The molecule has 0 saturated heterocycles. The number of aryl methyl sites for hydroxylation is 1. The Kier molecular flexibility index (Phi) is 5.18. The molecule has 1 atom stereocenters. The first-order valence-electron chi connectivity index (χ1n) is 6.12. The van der Waals surface area contributed by atoms with Crippen LogP contribution in [0.2, 0.25) is 0 Å². The predicted octanol–water partition coefficient (Wildman–Crippen LogP) is 1.84. The molecular weight excluding hydrogens is 246 g/mol. The lowest BCUT2D eigenvalue weighted by molar-refractivity contribution is -0.144. The number of likely N-dealkylation sites (N-methyl/N-ethyl adjacent to an activating group) is 1. The number of rotatable bonds is 7. The molecule has 106 valence electrons. The summed E-state index contributed by atoms with van der Waals surface area (Å²) in [5, 5.41) is 11.9. The first-order chi connectivity index (χ1) is 8.92. The first kappa shape index (κ1) is 15.3. The zero-order valence-electron chi connectivity index (χ0n) is 11.8. The van der Waals surface area contributed by atoms with E-state index in [2.05, 4.69) is 5.32 Å². The van der Waals surface area contributed by atoms with E-state index in [1.807, 2.05) is 25.1 Å². The van der Waals surface area contributed by atoms with Gasteiger partial charge in [0.15, 0.2) is 11.5 Å². The summed E-state index contributed by atoms with van der Waals surface area (Å²) in [5.41, 5.74) is 0.0904. The Bertz CT molecular complexity index is 447. The Morgan fingerprint density at radius 1 is 1.42 bits per heavy atom. The largest absolute Gasteiger partial charge is 0.493 e. The number of carboxylic acid groups (broad SMARTS) is 1. The normalized spacial score (nSPS) is 13.7. The van der Waals surface area contributed by atoms with Crippen molar-refractivity contribution in [3.63, 3.8) is 0 Å². The maximum absolute atomic E-state index is 11.1. The fourth-order valence-corrected chi connectivity index (χ4v) is 1.60. The Morgan fingerprint density at radius 3 is 2.63 bits per heavy atom. The third-order valence-electron chi connectivity index (χ3n) is 3.20. The van der Waals surface area contributed by atoms with Gasteiger partial charge in [0.25, 0.3) is 0 Å². The zero-order chi connectivity index (χ0) is 14.5. The summed E-state index contributed by atoms with van der Waals surface area (Å²) >= 11 is 0. The average molecular weight is 267 g/mol. The molecule has 0 aromatic heterocycles. The van der Waals surface area contributed by atoms with E-state index in [0.29, 0.717) is 24.5 Å². The van der Waals surface area contributed by atoms with Crippen molar-refractivity contribution in [2.45, 2.75) is 25.8 Å². The van der Waals surface area contributed by atoms with E-state index >= 15 is 0 Å². The van der Waals surface area contributed by atoms with Crippen LogP contribution >= 0.6 is 0 Å². The summed E-state index contributed by atoms with van der Waals surface area (Å²) in [7, 11) is 3.21. The molecule has 0 aliphatic rings. The number of hydrogen-bond donors (Lipinski definition) is 2. The first-order valence-corrected chi connectivity index (χ1v) is 6.12. The molecule has 2 N–H and O–H groups in total. The van der Waals surface area contributed by atoms with Crippen molar-refractivity contribution in [2.24, 2.45) is 0 Å². The SMILES string of the molecule is CNC(C)(CCOc1ccc(C)cc1OC)C(=O)O. The maximum Gasteiger partial charge on any atom is 0.323 e. The topological polar surface area (TPSA) is 67.8 Å². The molecule has 0 heterocycles. The van der Waals surface area contributed by atoms with Gasteiger partial charge in [0.1, 0.15) is 5.54 Å². The highest BCUT2D eigenvalue weighted by atomic mass is 16.5. The van der Waals surface area contributed by atoms with Gasteiger partial charge in [0.05, 0.1) is 13.7 Å². The molecule has 0 aliphatic heterocycles. The number of hydrogen-bond acceptors (Lipinski definition) is 4. The van der Waals surface area contributed by atoms with Crippen LogP contribution in [0.3, 0.4) is 0 Å². The Labute approximate surface area is 113 Å². The minimum Gasteiger partial charge on any atom is -0.493 e. The fraction of sp³-hybridized carbons (Fsp3) is 0.500. The van der Waals surface area contributed by atoms with Crippen LogP contribution in [0.1, 0.15) is 18.9 Å². The number of ether oxygens (including phenoxy) is 2. The summed E-state index contributed by atoms with van der Waals surface area (Å²) < 4.78 is 10.8. The average Bonchev–Trinajstić information content (AvgIpc) is 2.39. The van der Waals surface area contributed by atoms with Crippen LogP contribution in [0.4, 0.5) is 0 Å². The number of carbonyl (C=O) groups is 1. The molecule has 1 unspecified atom stereocenters. The van der Waals surface area contributed by atoms with Gasteiger partial charge in [0.2, 0.25) is 0 Å². The van der Waals surface area contributed by atoms with E-state index in [4.69, 9.17) is 14.6 Å². The van der Waals surface area contributed by atoms with Gasteiger partial charge in [-0.2, -0.15) is 0 Å². The molecule has 0 spiro atoms. The van der Waals surface area contributed by atoms with E-state index < -0.39 is 11.5 Å². The minimum absolute atomic E-state index is 0.295. The molecule has 5 heteroatoms. The second-order valence-corrected chi connectivity index (χ2v) is 4.64. The highest BCUT2D eigenvalue weighted by molar-refractivity contribution is 5.78. The molecule has 0 amide bonds. The van der Waals surface area contributed by atoms with Gasteiger partial charge >= 0.3 is 5.97 Å². The fourth-order valence-electron chi connectivity index (χ4n) is 1.60. The van der Waals surface area contributed by atoms with Gasteiger partial charge in [-0.1, -0.05) is 6.07 Å². The van der Waals surface area contributed by atoms with Crippen molar-refractivity contribution in [1.29, 1.82) is 0 Å². The Hall–Kier alpha value is -1.75. The molecular formula is C14H21NO4. The van der Waals surface area contributed by atoms with E-state index in [1.54, 1.807) is 21.1 Å². The standard InChI is InChI=1S/C14H21NO4/c1-10-5-6-11(12(9-10)18-4)19-8-7-14(2,15-3)13(16)17/h5-6,9,15H,7-8H2,1-4H3,(H,16,17). The van der Waals surface area contributed by atoms with Gasteiger partial charge < -0.3 is 19.9 Å². The van der Waals surface area contributed by atoms with Crippen molar-refractivity contribution in [3.05, 3.63) is 23.8 Å². The highest BCUT2D eigenvalue weighted by Gasteiger charge is 2.30. The summed E-state index contributed by atoms with van der Waals surface area (Å²) in [6.45, 7) is 3.89. The van der Waals surface area contributed by atoms with Crippen LogP contribution in [0, 0.1) is 6.92 Å². The van der Waals surface area contributed by atoms with E-state index in [0.717, 1.165) is 5.56 Å². The Morgan fingerprint density at radius 2 is 2.11 bits per heavy atom. The van der Waals surface area contributed by atoms with Gasteiger partial charge in [-0.3, -0.25) is 4.79 Å². The lowest BCUT2D eigenvalue weighted by Crippen LogP contribution is -2.48. The minimum atomic E-state index is -0.988. The number of methoxy groups -OCH3 is 1. The predicted molar refractivity (Wildman–Crippen MR) is 72.9 cm³/mol. The zero-order valence-corrected chi connectivity index (χ0v) is 11.8. The van der Waals surface area contributed by atoms with Gasteiger partial charge in [-0.05, 0) is 38.6 Å². The van der Waals surface area contributed by atoms with Crippen molar-refractivity contribution in [2.75, 3.05) is 20.8 Å². The summed E-state index contributed by atoms with van der Waals surface area (Å²) in [6.07, 6.45) is 0.357. The van der Waals surface area contributed by atoms with E-state index in [1.165, 1.54) is 0 Å². The third-order valence-corrected chi connectivity index (χ3v) is 3.20. The molecule has 0 radical (unpaired) electrons. The van der Waals surface area contributed by atoms with Crippen molar-refractivity contribution >= 4 is 5.97 Å². The number of carboxylic acids is 1. The smallest absolute Gasteiger partial charge is 0.323 e. The number of aliphatic carboxylic acids is 1. The van der Waals surface area contributed by atoms with Crippen LogP contribution < -0.4 is 14.8 Å². The summed E-state index contributed by atoms with van der Waals surface area (Å²) in [4.78, 5) is 11.1. The molecule has 0 fully saturated rings. The second kappa shape index (κ2) is 6.43. The third kappa shape index (κ3) is 3.86. The van der Waals surface area contributed by atoms with Crippen LogP contribution in [0.5, 0.6) is 11.5 Å². The monoisotopic (exact) mass is 267 g/mol. The molecule has 5 nitrogen and oxygen atoms in total. The van der Waals surface area contributed by atoms with E-state index in [9.17, 15) is 4.79 Å². The van der Waals surface area contributed by atoms with E-state index in [-0.39, 0.29) is 0 Å². The molecule has 1 aromatic carbocycles. The quantitative estimate of drug-likeness (QED) is 0.789. The molecule has 19 heavy (non-hydrogen) atoms. The molecule has 1 aromatic rings. The number of benzene rings is 1. The summed E-state index contributed by atoms with van der Waals surface area (Å²) in [6, 6.07) is 5.63. The molecule has 0 saturated carbocycles. The van der Waals surface area contributed by atoms with Crippen LogP contribution in [0.25, 0.3) is 0 Å². The number of nitrogens with one attached hydrogen (secondary N) is 1. The highest BCUT2D eigenvalue weighted by Crippen LogP contribution is 2.28. The van der Waals surface area contributed by atoms with Gasteiger partial charge in [-0.15, -0.1) is 0 Å². The van der Waals surface area contributed by atoms with Crippen molar-refractivity contribution in [1.82, 2.24) is 5.32 Å².